The molecule has 0 spiro atoms. The maximum atomic E-state index is 13.2. The zero-order valence-electron chi connectivity index (χ0n) is 12.5. The SMILES string of the molecule is O=C(OCCCCC(F)(F)C(F)(F)S(=O)O)C1CC2CCC1C2. The quantitative estimate of drug-likeness (QED) is 0.311. The molecule has 2 bridgehead atoms. The van der Waals surface area contributed by atoms with Crippen LogP contribution in [-0.2, 0) is 20.6 Å². The molecule has 4 unspecified atom stereocenters. The van der Waals surface area contributed by atoms with E-state index in [0.29, 0.717) is 11.8 Å². The average Bonchev–Trinajstić information content (AvgIpc) is 3.08. The Hall–Kier alpha value is -0.700. The van der Waals surface area contributed by atoms with E-state index in [1.807, 2.05) is 0 Å². The largest absolute Gasteiger partial charge is 0.465 e. The minimum atomic E-state index is -4.98. The Morgan fingerprint density at radius 3 is 2.39 bits per heavy atom. The van der Waals surface area contributed by atoms with Gasteiger partial charge in [-0.15, -0.1) is 0 Å². The van der Waals surface area contributed by atoms with Gasteiger partial charge < -0.3 is 9.29 Å². The maximum Gasteiger partial charge on any atom is 0.406 e. The van der Waals surface area contributed by atoms with Crippen LogP contribution in [-0.4, -0.2) is 32.5 Å². The molecule has 9 heteroatoms. The second-order valence-electron chi connectivity index (χ2n) is 6.38. The van der Waals surface area contributed by atoms with Crippen molar-refractivity contribution in [2.24, 2.45) is 17.8 Å². The van der Waals surface area contributed by atoms with Crippen molar-refractivity contribution in [3.8, 4) is 0 Å². The maximum absolute atomic E-state index is 13.2. The first-order chi connectivity index (χ1) is 10.6. The molecule has 0 saturated heterocycles. The minimum absolute atomic E-state index is 0.0102. The number of carbonyl (C=O) groups is 1. The number of rotatable bonds is 8. The number of esters is 1. The molecule has 2 fully saturated rings. The van der Waals surface area contributed by atoms with Crippen LogP contribution in [0.3, 0.4) is 0 Å². The van der Waals surface area contributed by atoms with Gasteiger partial charge in [-0.2, -0.15) is 17.6 Å². The van der Waals surface area contributed by atoms with Crippen LogP contribution in [0.5, 0.6) is 0 Å². The molecule has 0 radical (unpaired) electrons. The molecule has 134 valence electrons. The molecule has 0 heterocycles. The fourth-order valence-electron chi connectivity index (χ4n) is 3.54. The van der Waals surface area contributed by atoms with E-state index in [1.165, 1.54) is 0 Å². The van der Waals surface area contributed by atoms with Crippen molar-refractivity contribution < 1.29 is 35.9 Å². The summed E-state index contributed by atoms with van der Waals surface area (Å²) in [6, 6.07) is 0. The molecule has 0 aromatic heterocycles. The summed E-state index contributed by atoms with van der Waals surface area (Å²) in [6.07, 6.45) is 2.46. The molecule has 2 aliphatic carbocycles. The summed E-state index contributed by atoms with van der Waals surface area (Å²) < 4.78 is 75.6. The molecule has 0 aromatic carbocycles. The van der Waals surface area contributed by atoms with Crippen LogP contribution in [0.1, 0.15) is 44.9 Å². The first-order valence-corrected chi connectivity index (χ1v) is 8.79. The van der Waals surface area contributed by atoms with Gasteiger partial charge >= 0.3 is 17.1 Å². The Morgan fingerprint density at radius 2 is 1.87 bits per heavy atom. The van der Waals surface area contributed by atoms with Gasteiger partial charge in [-0.25, -0.2) is 4.21 Å². The normalized spacial score (nSPS) is 28.8. The van der Waals surface area contributed by atoms with Crippen LogP contribution < -0.4 is 0 Å². The molecule has 0 aliphatic heterocycles. The highest BCUT2D eigenvalue weighted by molar-refractivity contribution is 7.80. The second-order valence-corrected chi connectivity index (χ2v) is 7.39. The molecular formula is C14H20F4O4S. The lowest BCUT2D eigenvalue weighted by Gasteiger charge is -2.23. The molecule has 23 heavy (non-hydrogen) atoms. The highest BCUT2D eigenvalue weighted by Gasteiger charge is 2.60. The fraction of sp³-hybridized carbons (Fsp3) is 0.929. The minimum Gasteiger partial charge on any atom is -0.465 e. The lowest BCUT2D eigenvalue weighted by Crippen LogP contribution is -2.43. The highest BCUT2D eigenvalue weighted by atomic mass is 32.2. The van der Waals surface area contributed by atoms with E-state index < -0.39 is 28.7 Å². The summed E-state index contributed by atoms with van der Waals surface area (Å²) in [5, 5.41) is -4.98. The molecule has 4 nitrogen and oxygen atoms in total. The van der Waals surface area contributed by atoms with Crippen LogP contribution in [0.2, 0.25) is 0 Å². The lowest BCUT2D eigenvalue weighted by molar-refractivity contribution is -0.162. The summed E-state index contributed by atoms with van der Waals surface area (Å²) >= 11 is -3.93. The Bertz CT molecular complexity index is 472. The van der Waals surface area contributed by atoms with E-state index in [0.717, 1.165) is 25.7 Å². The van der Waals surface area contributed by atoms with E-state index >= 15 is 0 Å². The van der Waals surface area contributed by atoms with Crippen molar-refractivity contribution in [1.82, 2.24) is 0 Å². The Kier molecular flexibility index (Phi) is 5.71. The number of hydrogen-bond acceptors (Lipinski definition) is 3. The second kappa shape index (κ2) is 7.04. The summed E-state index contributed by atoms with van der Waals surface area (Å²) in [4.78, 5) is 11.9. The molecule has 4 atom stereocenters. The number of fused-ring (bicyclic) bond motifs is 2. The average molecular weight is 360 g/mol. The number of unbranched alkanes of at least 4 members (excludes halogenated alkanes) is 1. The number of alkyl halides is 4. The lowest BCUT2D eigenvalue weighted by atomic mass is 9.89. The molecule has 2 saturated carbocycles. The van der Waals surface area contributed by atoms with Crippen molar-refractivity contribution in [3.05, 3.63) is 0 Å². The fourth-order valence-corrected chi connectivity index (χ4v) is 3.89. The zero-order valence-corrected chi connectivity index (χ0v) is 13.3. The molecule has 2 rings (SSSR count). The molecule has 2 aliphatic rings. The smallest absolute Gasteiger partial charge is 0.406 e. The predicted octanol–water partition coefficient (Wildman–Crippen LogP) is 3.59. The van der Waals surface area contributed by atoms with Gasteiger partial charge in [0.2, 0.25) is 11.1 Å². The predicted molar refractivity (Wildman–Crippen MR) is 74.4 cm³/mol. The van der Waals surface area contributed by atoms with Gasteiger partial charge in [0.1, 0.15) is 0 Å². The standard InChI is InChI=1S/C14H20F4O4S/c15-13(16,14(17,18)23(20)21)5-1-2-6-22-12(19)11-8-9-3-4-10(11)7-9/h9-11H,1-8H2,(H,20,21). The highest BCUT2D eigenvalue weighted by Crippen LogP contribution is 2.48. The Labute approximate surface area is 134 Å². The molecule has 0 amide bonds. The number of hydrogen-bond donors (Lipinski definition) is 1. The molecule has 1 N–H and O–H groups in total. The summed E-state index contributed by atoms with van der Waals surface area (Å²) in [7, 11) is 0. The van der Waals surface area contributed by atoms with Crippen molar-refractivity contribution >= 4 is 17.0 Å². The first-order valence-electron chi connectivity index (χ1n) is 7.68. The number of ether oxygens (including phenoxy) is 1. The third-order valence-electron chi connectivity index (χ3n) is 4.82. The van der Waals surface area contributed by atoms with Crippen molar-refractivity contribution in [3.63, 3.8) is 0 Å². The van der Waals surface area contributed by atoms with Gasteiger partial charge in [-0.1, -0.05) is 6.42 Å². The van der Waals surface area contributed by atoms with Gasteiger partial charge in [-0.05, 0) is 43.9 Å². The van der Waals surface area contributed by atoms with Gasteiger partial charge in [0.25, 0.3) is 0 Å². The third kappa shape index (κ3) is 4.04. The Morgan fingerprint density at radius 1 is 1.17 bits per heavy atom. The van der Waals surface area contributed by atoms with Gasteiger partial charge in [0.15, 0.2) is 0 Å². The van der Waals surface area contributed by atoms with E-state index in [9.17, 15) is 26.6 Å². The van der Waals surface area contributed by atoms with E-state index in [-0.39, 0.29) is 31.3 Å². The monoisotopic (exact) mass is 360 g/mol. The Balaban J connectivity index is 1.66. The number of carbonyl (C=O) groups excluding carboxylic acids is 1. The molecule has 0 aromatic rings. The number of halogens is 4. The van der Waals surface area contributed by atoms with E-state index in [4.69, 9.17) is 9.29 Å². The first kappa shape index (κ1) is 18.6. The van der Waals surface area contributed by atoms with Crippen LogP contribution in [0.4, 0.5) is 17.6 Å². The van der Waals surface area contributed by atoms with E-state index in [2.05, 4.69) is 0 Å². The van der Waals surface area contributed by atoms with Gasteiger partial charge in [-0.3, -0.25) is 4.79 Å². The van der Waals surface area contributed by atoms with E-state index in [1.54, 1.807) is 0 Å². The topological polar surface area (TPSA) is 63.6 Å². The summed E-state index contributed by atoms with van der Waals surface area (Å²) in [5.74, 6) is -4.07. The molecular weight excluding hydrogens is 340 g/mol. The van der Waals surface area contributed by atoms with Gasteiger partial charge in [0, 0.05) is 6.42 Å². The van der Waals surface area contributed by atoms with Crippen LogP contribution in [0.25, 0.3) is 0 Å². The van der Waals surface area contributed by atoms with Gasteiger partial charge in [0.05, 0.1) is 12.5 Å². The summed E-state index contributed by atoms with van der Waals surface area (Å²) in [5.41, 5.74) is 0. The van der Waals surface area contributed by atoms with Crippen molar-refractivity contribution in [2.45, 2.75) is 56.1 Å². The van der Waals surface area contributed by atoms with Crippen molar-refractivity contribution in [1.29, 1.82) is 0 Å². The van der Waals surface area contributed by atoms with Crippen LogP contribution >= 0.6 is 0 Å². The zero-order chi connectivity index (χ0) is 17.3. The van der Waals surface area contributed by atoms with Crippen molar-refractivity contribution in [2.75, 3.05) is 6.61 Å². The summed E-state index contributed by atoms with van der Waals surface area (Å²) in [6.45, 7) is -0.101. The van der Waals surface area contributed by atoms with Crippen LogP contribution in [0.15, 0.2) is 0 Å². The van der Waals surface area contributed by atoms with Crippen LogP contribution in [0, 0.1) is 17.8 Å². The third-order valence-corrected chi connectivity index (χ3v) is 5.55.